The van der Waals surface area contributed by atoms with Crippen LogP contribution in [0.25, 0.3) is 0 Å². The van der Waals surface area contributed by atoms with Gasteiger partial charge in [0.1, 0.15) is 11.9 Å². The number of rotatable bonds is 2. The molecule has 1 aliphatic heterocycles. The maximum absolute atomic E-state index is 13.1. The van der Waals surface area contributed by atoms with Crippen molar-refractivity contribution in [3.8, 4) is 0 Å². The van der Waals surface area contributed by atoms with Gasteiger partial charge in [-0.15, -0.1) is 0 Å². The molecule has 0 radical (unpaired) electrons. The Balaban J connectivity index is 1.80. The lowest BCUT2D eigenvalue weighted by Crippen LogP contribution is -2.20. The number of fused-ring (bicyclic) bond motifs is 1. The van der Waals surface area contributed by atoms with Gasteiger partial charge in [0.25, 0.3) is 0 Å². The Labute approximate surface area is 98.9 Å². The van der Waals surface area contributed by atoms with Crippen LogP contribution in [0.1, 0.15) is 12.0 Å². The highest BCUT2D eigenvalue weighted by Gasteiger charge is 2.28. The third-order valence-electron chi connectivity index (χ3n) is 2.94. The smallest absolute Gasteiger partial charge is 0.121 e. The second-order valence-corrected chi connectivity index (χ2v) is 4.17. The molecule has 17 heavy (non-hydrogen) atoms. The lowest BCUT2D eigenvalue weighted by atomic mass is 10.0. The summed E-state index contributed by atoms with van der Waals surface area (Å²) in [5.41, 5.74) is 2.15. The van der Waals surface area contributed by atoms with E-state index in [2.05, 4.69) is 10.3 Å². The zero-order valence-electron chi connectivity index (χ0n) is 9.25. The molecule has 2 aliphatic rings. The van der Waals surface area contributed by atoms with E-state index in [0.717, 1.165) is 5.70 Å². The maximum Gasteiger partial charge on any atom is 0.121 e. The third kappa shape index (κ3) is 1.98. The number of hydrogen-bond donors (Lipinski definition) is 0. The molecule has 0 N–H and O–H groups in total. The molecule has 1 aliphatic carbocycles. The van der Waals surface area contributed by atoms with Crippen molar-refractivity contribution in [3.05, 3.63) is 59.6 Å². The third-order valence-corrected chi connectivity index (χ3v) is 2.94. The van der Waals surface area contributed by atoms with E-state index in [1.165, 1.54) is 11.6 Å². The summed E-state index contributed by atoms with van der Waals surface area (Å²) in [4.78, 5) is 0. The number of allylic oxidation sites excluding steroid dienone is 2. The molecule has 1 aromatic carbocycles. The van der Waals surface area contributed by atoms with Gasteiger partial charge in [0.2, 0.25) is 0 Å². The summed E-state index contributed by atoms with van der Waals surface area (Å²) in [7, 11) is 0. The van der Waals surface area contributed by atoms with Gasteiger partial charge in [0.05, 0.1) is 12.2 Å². The Morgan fingerprint density at radius 3 is 2.88 bits per heavy atom. The lowest BCUT2D eigenvalue weighted by molar-refractivity contribution is 0.358. The van der Waals surface area contributed by atoms with Crippen LogP contribution in [0.3, 0.4) is 0 Å². The van der Waals surface area contributed by atoms with Crippen molar-refractivity contribution in [2.45, 2.75) is 19.0 Å². The first-order valence-corrected chi connectivity index (χ1v) is 5.61. The van der Waals surface area contributed by atoms with Crippen LogP contribution in [-0.4, -0.2) is 11.1 Å². The van der Waals surface area contributed by atoms with Crippen molar-refractivity contribution < 1.29 is 4.39 Å². The van der Waals surface area contributed by atoms with Crippen molar-refractivity contribution in [2.24, 2.45) is 10.3 Å². The average Bonchev–Trinajstić information content (AvgIpc) is 2.73. The van der Waals surface area contributed by atoms with Crippen LogP contribution in [0, 0.1) is 0 Å². The molecule has 0 aromatic heterocycles. The van der Waals surface area contributed by atoms with Gasteiger partial charge >= 0.3 is 0 Å². The Kier molecular flexibility index (Phi) is 2.48. The Morgan fingerprint density at radius 1 is 1.24 bits per heavy atom. The van der Waals surface area contributed by atoms with Crippen LogP contribution in [0.15, 0.2) is 64.3 Å². The molecule has 3 rings (SSSR count). The Morgan fingerprint density at radius 2 is 2.06 bits per heavy atom. The maximum atomic E-state index is 13.1. The number of hydrogen-bond acceptors (Lipinski definition) is 3. The molecule has 4 heteroatoms. The quantitative estimate of drug-likeness (QED) is 0.764. The van der Waals surface area contributed by atoms with Gasteiger partial charge in [-0.25, -0.2) is 9.40 Å². The second kappa shape index (κ2) is 4.13. The van der Waals surface area contributed by atoms with Crippen LogP contribution in [-0.2, 0) is 6.54 Å². The molecule has 0 saturated heterocycles. The first-order valence-electron chi connectivity index (χ1n) is 5.61. The standard InChI is InChI=1S/C13H12FN3/c14-11-6-7-13-12(8-11)15-16-17(13)9-10-4-2-1-3-5-10/h1-7,12H,8-9H2. The van der Waals surface area contributed by atoms with Gasteiger partial charge in [-0.05, 0) is 17.7 Å². The van der Waals surface area contributed by atoms with Crippen molar-refractivity contribution in [2.75, 3.05) is 0 Å². The Bertz CT molecular complexity index is 505. The molecular weight excluding hydrogens is 217 g/mol. The van der Waals surface area contributed by atoms with Crippen LogP contribution in [0.5, 0.6) is 0 Å². The normalized spacial score (nSPS) is 22.2. The Hall–Kier alpha value is -1.97. The summed E-state index contributed by atoms with van der Waals surface area (Å²) in [6.45, 7) is 0.683. The molecule has 1 unspecified atom stereocenters. The molecule has 1 atom stereocenters. The number of halogens is 1. The fraction of sp³-hybridized carbons (Fsp3) is 0.231. The van der Waals surface area contributed by atoms with Gasteiger partial charge in [-0.3, -0.25) is 0 Å². The monoisotopic (exact) mass is 229 g/mol. The zero-order valence-corrected chi connectivity index (χ0v) is 9.25. The topological polar surface area (TPSA) is 28.0 Å². The van der Waals surface area contributed by atoms with Crippen molar-refractivity contribution >= 4 is 0 Å². The zero-order chi connectivity index (χ0) is 11.7. The number of nitrogens with zero attached hydrogens (tertiary/aromatic N) is 3. The van der Waals surface area contributed by atoms with E-state index in [9.17, 15) is 4.39 Å². The summed E-state index contributed by atoms with van der Waals surface area (Å²) in [6.07, 6.45) is 3.60. The van der Waals surface area contributed by atoms with Crippen LogP contribution in [0.2, 0.25) is 0 Å². The minimum Gasteiger partial charge on any atom is -0.245 e. The first-order chi connectivity index (χ1) is 8.33. The molecule has 1 aromatic rings. The fourth-order valence-corrected chi connectivity index (χ4v) is 2.06. The second-order valence-electron chi connectivity index (χ2n) is 4.17. The summed E-state index contributed by atoms with van der Waals surface area (Å²) < 4.78 is 13.1. The van der Waals surface area contributed by atoms with Crippen molar-refractivity contribution in [1.82, 2.24) is 5.01 Å². The molecule has 3 nitrogen and oxygen atoms in total. The molecule has 0 fully saturated rings. The molecule has 86 valence electrons. The minimum absolute atomic E-state index is 0.126. The summed E-state index contributed by atoms with van der Waals surface area (Å²) in [6, 6.07) is 9.92. The lowest BCUT2D eigenvalue weighted by Gasteiger charge is -2.19. The number of benzene rings is 1. The van der Waals surface area contributed by atoms with Crippen molar-refractivity contribution in [3.63, 3.8) is 0 Å². The van der Waals surface area contributed by atoms with Crippen molar-refractivity contribution in [1.29, 1.82) is 0 Å². The van der Waals surface area contributed by atoms with Gasteiger partial charge in [0.15, 0.2) is 0 Å². The van der Waals surface area contributed by atoms with E-state index in [-0.39, 0.29) is 11.9 Å². The largest absolute Gasteiger partial charge is 0.245 e. The summed E-state index contributed by atoms with van der Waals surface area (Å²) in [5.74, 6) is -0.126. The van der Waals surface area contributed by atoms with Gasteiger partial charge in [0, 0.05) is 6.42 Å². The van der Waals surface area contributed by atoms with E-state index in [1.54, 1.807) is 6.08 Å². The molecule has 0 saturated carbocycles. The fourth-order valence-electron chi connectivity index (χ4n) is 2.06. The molecule has 0 amide bonds. The molecule has 0 spiro atoms. The predicted molar refractivity (Wildman–Crippen MR) is 62.5 cm³/mol. The van der Waals surface area contributed by atoms with Crippen LogP contribution < -0.4 is 0 Å². The average molecular weight is 229 g/mol. The van der Waals surface area contributed by atoms with E-state index in [1.807, 2.05) is 35.3 Å². The van der Waals surface area contributed by atoms with Crippen LogP contribution >= 0.6 is 0 Å². The highest BCUT2D eigenvalue weighted by atomic mass is 19.1. The van der Waals surface area contributed by atoms with Gasteiger partial charge < -0.3 is 0 Å². The van der Waals surface area contributed by atoms with Gasteiger partial charge in [-0.2, -0.15) is 5.11 Å². The summed E-state index contributed by atoms with van der Waals surface area (Å²) in [5, 5.41) is 10.0. The van der Waals surface area contributed by atoms with E-state index < -0.39 is 0 Å². The summed E-state index contributed by atoms with van der Waals surface area (Å²) >= 11 is 0. The van der Waals surface area contributed by atoms with Gasteiger partial charge in [-0.1, -0.05) is 35.6 Å². The molecular formula is C13H12FN3. The predicted octanol–water partition coefficient (Wildman–Crippen LogP) is 3.38. The minimum atomic E-state index is -0.135. The van der Waals surface area contributed by atoms with E-state index in [4.69, 9.17) is 0 Å². The molecule has 0 bridgehead atoms. The highest BCUT2D eigenvalue weighted by Crippen LogP contribution is 2.31. The van der Waals surface area contributed by atoms with Crippen LogP contribution in [0.4, 0.5) is 4.39 Å². The van der Waals surface area contributed by atoms with E-state index >= 15 is 0 Å². The highest BCUT2D eigenvalue weighted by molar-refractivity contribution is 5.28. The SMILES string of the molecule is FC1=CC=C2C(C1)N=NN2Cc1ccccc1. The first kappa shape index (κ1) is 10.2. The van der Waals surface area contributed by atoms with E-state index in [0.29, 0.717) is 13.0 Å². The molecule has 1 heterocycles.